The monoisotopic (exact) mass is 370 g/mol. The molecule has 1 fully saturated rings. The van der Waals surface area contributed by atoms with E-state index in [4.69, 9.17) is 11.2 Å². The second-order valence-corrected chi connectivity index (χ2v) is 8.44. The highest BCUT2D eigenvalue weighted by molar-refractivity contribution is 5.97. The number of benzene rings is 1. The van der Waals surface area contributed by atoms with Crippen LogP contribution in [-0.2, 0) is 4.79 Å². The molecule has 1 saturated carbocycles. The van der Waals surface area contributed by atoms with Crippen molar-refractivity contribution in [3.8, 4) is 18.1 Å². The smallest absolute Gasteiger partial charge is 0.255 e. The average molecular weight is 370 g/mol. The summed E-state index contributed by atoms with van der Waals surface area (Å²) >= 11 is 0. The van der Waals surface area contributed by atoms with Gasteiger partial charge in [-0.05, 0) is 35.4 Å². The fourth-order valence-electron chi connectivity index (χ4n) is 3.24. The third kappa shape index (κ3) is 4.82. The van der Waals surface area contributed by atoms with Crippen molar-refractivity contribution in [1.82, 2.24) is 10.6 Å². The largest absolute Gasteiger partial charge is 0.496 e. The second kappa shape index (κ2) is 8.04. The lowest BCUT2D eigenvalue weighted by Gasteiger charge is -2.32. The Bertz CT molecular complexity index is 750. The quantitative estimate of drug-likeness (QED) is 0.757. The topological polar surface area (TPSA) is 67.4 Å². The molecule has 0 aliphatic heterocycles. The van der Waals surface area contributed by atoms with Crippen molar-refractivity contribution in [2.75, 3.05) is 13.7 Å². The highest BCUT2D eigenvalue weighted by Gasteiger charge is 2.48. The van der Waals surface area contributed by atoms with Crippen LogP contribution in [-0.4, -0.2) is 31.5 Å². The predicted octanol–water partition coefficient (Wildman–Crippen LogP) is 2.84. The van der Waals surface area contributed by atoms with Crippen LogP contribution in [0, 0.1) is 35.5 Å². The number of rotatable bonds is 6. The van der Waals surface area contributed by atoms with Crippen LogP contribution in [0.25, 0.3) is 0 Å². The zero-order valence-corrected chi connectivity index (χ0v) is 17.1. The van der Waals surface area contributed by atoms with E-state index in [1.54, 1.807) is 18.2 Å². The molecule has 0 saturated heterocycles. The lowest BCUT2D eigenvalue weighted by molar-refractivity contribution is -0.124. The molecule has 5 heteroatoms. The lowest BCUT2D eigenvalue weighted by atomic mass is 9.86. The van der Waals surface area contributed by atoms with Gasteiger partial charge in [0.25, 0.3) is 5.91 Å². The molecule has 0 aromatic heterocycles. The van der Waals surface area contributed by atoms with Crippen molar-refractivity contribution >= 4 is 11.8 Å². The molecular formula is C22H30N2O3. The fourth-order valence-corrected chi connectivity index (χ4v) is 3.24. The van der Waals surface area contributed by atoms with E-state index in [2.05, 4.69) is 30.4 Å². The van der Waals surface area contributed by atoms with Crippen LogP contribution in [0.3, 0.4) is 0 Å². The molecule has 1 aliphatic carbocycles. The molecular weight excluding hydrogens is 340 g/mol. The Morgan fingerprint density at radius 1 is 1.26 bits per heavy atom. The van der Waals surface area contributed by atoms with Crippen molar-refractivity contribution in [2.45, 2.75) is 40.7 Å². The minimum Gasteiger partial charge on any atom is -0.496 e. The van der Waals surface area contributed by atoms with E-state index >= 15 is 0 Å². The molecule has 1 aromatic rings. The first-order chi connectivity index (χ1) is 12.6. The lowest BCUT2D eigenvalue weighted by Crippen LogP contribution is -2.51. The number of carbonyl (C=O) groups is 2. The Morgan fingerprint density at radius 2 is 1.89 bits per heavy atom. The Balaban J connectivity index is 2.05. The third-order valence-corrected chi connectivity index (χ3v) is 5.57. The summed E-state index contributed by atoms with van der Waals surface area (Å²) in [5.41, 5.74) is 0.873. The van der Waals surface area contributed by atoms with E-state index < -0.39 is 0 Å². The van der Waals surface area contributed by atoms with Gasteiger partial charge in [-0.25, -0.2) is 0 Å². The number of nitrogens with one attached hydrogen (secondary N) is 2. The van der Waals surface area contributed by atoms with Crippen LogP contribution < -0.4 is 15.4 Å². The molecule has 1 aromatic carbocycles. The molecule has 0 radical (unpaired) electrons. The molecule has 1 unspecified atom stereocenters. The maximum Gasteiger partial charge on any atom is 0.255 e. The number of amides is 2. The van der Waals surface area contributed by atoms with Crippen molar-refractivity contribution in [3.05, 3.63) is 29.3 Å². The number of terminal acetylenes is 1. The molecule has 0 heterocycles. The van der Waals surface area contributed by atoms with E-state index in [0.717, 1.165) is 0 Å². The predicted molar refractivity (Wildman–Crippen MR) is 106 cm³/mol. The van der Waals surface area contributed by atoms with Gasteiger partial charge < -0.3 is 15.4 Å². The van der Waals surface area contributed by atoms with Crippen LogP contribution in [0.2, 0.25) is 0 Å². The zero-order valence-electron chi connectivity index (χ0n) is 17.1. The SMILES string of the molecule is C#Cc1ccc(C(=O)NC[C@@H](NC(=O)C2[C@@H](C)[C@H]2C)C(C)(C)C)c(OC)c1. The highest BCUT2D eigenvalue weighted by Crippen LogP contribution is 2.45. The number of hydrogen-bond donors (Lipinski definition) is 2. The maximum atomic E-state index is 12.6. The van der Waals surface area contributed by atoms with Crippen LogP contribution in [0.15, 0.2) is 18.2 Å². The van der Waals surface area contributed by atoms with E-state index in [1.807, 2.05) is 20.8 Å². The molecule has 1 aliphatic rings. The van der Waals surface area contributed by atoms with Gasteiger partial charge in [0, 0.05) is 18.0 Å². The van der Waals surface area contributed by atoms with Gasteiger partial charge in [-0.15, -0.1) is 6.42 Å². The molecule has 4 atom stereocenters. The first-order valence-corrected chi connectivity index (χ1v) is 9.33. The Morgan fingerprint density at radius 3 is 2.37 bits per heavy atom. The summed E-state index contributed by atoms with van der Waals surface area (Å²) in [6.45, 7) is 10.7. The molecule has 5 nitrogen and oxygen atoms in total. The summed E-state index contributed by atoms with van der Waals surface area (Å²) in [5.74, 6) is 3.67. The zero-order chi connectivity index (χ0) is 20.4. The van der Waals surface area contributed by atoms with Gasteiger partial charge in [-0.1, -0.05) is 40.5 Å². The van der Waals surface area contributed by atoms with E-state index in [9.17, 15) is 9.59 Å². The maximum absolute atomic E-state index is 12.6. The number of ether oxygens (including phenoxy) is 1. The summed E-state index contributed by atoms with van der Waals surface area (Å²) in [6.07, 6.45) is 5.39. The van der Waals surface area contributed by atoms with Gasteiger partial charge in [0.2, 0.25) is 5.91 Å². The summed E-state index contributed by atoms with van der Waals surface area (Å²) < 4.78 is 5.28. The summed E-state index contributed by atoms with van der Waals surface area (Å²) in [4.78, 5) is 25.1. The first kappa shape index (κ1) is 20.8. The van der Waals surface area contributed by atoms with E-state index in [1.165, 1.54) is 7.11 Å². The van der Waals surface area contributed by atoms with Crippen LogP contribution in [0.4, 0.5) is 0 Å². The molecule has 0 spiro atoms. The Hall–Kier alpha value is -2.48. The fraction of sp³-hybridized carbons (Fsp3) is 0.545. The van der Waals surface area contributed by atoms with E-state index in [-0.39, 0.29) is 29.2 Å². The Labute approximate surface area is 162 Å². The van der Waals surface area contributed by atoms with Crippen LogP contribution in [0.5, 0.6) is 5.75 Å². The van der Waals surface area contributed by atoms with Gasteiger partial charge >= 0.3 is 0 Å². The molecule has 2 N–H and O–H groups in total. The van der Waals surface area contributed by atoms with Gasteiger partial charge in [0.15, 0.2) is 0 Å². The summed E-state index contributed by atoms with van der Waals surface area (Å²) in [7, 11) is 1.50. The minimum atomic E-state index is -0.257. The molecule has 2 rings (SSSR count). The van der Waals surface area contributed by atoms with Crippen LogP contribution in [0.1, 0.15) is 50.5 Å². The van der Waals surface area contributed by atoms with Crippen molar-refractivity contribution in [1.29, 1.82) is 0 Å². The number of carbonyl (C=O) groups excluding carboxylic acids is 2. The van der Waals surface area contributed by atoms with Crippen LogP contribution >= 0.6 is 0 Å². The Kier molecular flexibility index (Phi) is 6.20. The normalized spacial score (nSPS) is 22.3. The number of hydrogen-bond acceptors (Lipinski definition) is 3. The van der Waals surface area contributed by atoms with Gasteiger partial charge in [0.05, 0.1) is 18.7 Å². The van der Waals surface area contributed by atoms with Crippen molar-refractivity contribution in [2.24, 2.45) is 23.2 Å². The number of methoxy groups -OCH3 is 1. The van der Waals surface area contributed by atoms with Gasteiger partial charge in [-0.2, -0.15) is 0 Å². The summed E-state index contributed by atoms with van der Waals surface area (Å²) in [6, 6.07) is 4.84. The average Bonchev–Trinajstić information content (AvgIpc) is 3.22. The highest BCUT2D eigenvalue weighted by atomic mass is 16.5. The van der Waals surface area contributed by atoms with Crippen molar-refractivity contribution < 1.29 is 14.3 Å². The molecule has 0 bridgehead atoms. The second-order valence-electron chi connectivity index (χ2n) is 8.44. The van der Waals surface area contributed by atoms with E-state index in [0.29, 0.717) is 35.3 Å². The third-order valence-electron chi connectivity index (χ3n) is 5.57. The standard InChI is InChI=1S/C22H30N2O3/c1-8-15-9-10-16(17(11-15)27-7)20(25)23-12-18(22(4,5)6)24-21(26)19-13(2)14(19)3/h1,9-11,13-14,18-19H,12H2,2-7H3,(H,23,25)(H,24,26)/t13-,14+,18-,19?/m1/s1. The molecule has 2 amide bonds. The first-order valence-electron chi connectivity index (χ1n) is 9.33. The minimum absolute atomic E-state index is 0.0696. The molecule has 27 heavy (non-hydrogen) atoms. The van der Waals surface area contributed by atoms with Crippen molar-refractivity contribution in [3.63, 3.8) is 0 Å². The summed E-state index contributed by atoms with van der Waals surface area (Å²) in [5, 5.41) is 6.04. The van der Waals surface area contributed by atoms with Gasteiger partial charge in [0.1, 0.15) is 5.75 Å². The molecule has 146 valence electrons. The van der Waals surface area contributed by atoms with Gasteiger partial charge in [-0.3, -0.25) is 9.59 Å².